The summed E-state index contributed by atoms with van der Waals surface area (Å²) >= 11 is 0. The molecule has 1 fully saturated rings. The van der Waals surface area contributed by atoms with Gasteiger partial charge < -0.3 is 10.0 Å². The van der Waals surface area contributed by atoms with Gasteiger partial charge >= 0.3 is 5.97 Å². The minimum Gasteiger partial charge on any atom is -0.479 e. The summed E-state index contributed by atoms with van der Waals surface area (Å²) in [7, 11) is 0. The van der Waals surface area contributed by atoms with Gasteiger partial charge in [-0.2, -0.15) is 0 Å². The van der Waals surface area contributed by atoms with Gasteiger partial charge in [-0.1, -0.05) is 18.2 Å². The lowest BCUT2D eigenvalue weighted by Gasteiger charge is -2.38. The average molecular weight is 265 g/mol. The summed E-state index contributed by atoms with van der Waals surface area (Å²) in [6, 6.07) is 5.59. The van der Waals surface area contributed by atoms with Crippen molar-refractivity contribution >= 4 is 11.9 Å². The fourth-order valence-electron chi connectivity index (χ4n) is 2.47. The van der Waals surface area contributed by atoms with Gasteiger partial charge in [-0.05, 0) is 25.8 Å². The average Bonchev–Trinajstić information content (AvgIpc) is 3.13. The summed E-state index contributed by atoms with van der Waals surface area (Å²) in [6.45, 7) is 2.70. The molecule has 4 nitrogen and oxygen atoms in total. The highest BCUT2D eigenvalue weighted by atomic mass is 19.1. The van der Waals surface area contributed by atoms with Crippen molar-refractivity contribution in [3.63, 3.8) is 0 Å². The molecule has 1 atom stereocenters. The van der Waals surface area contributed by atoms with Crippen LogP contribution in [0.25, 0.3) is 0 Å². The van der Waals surface area contributed by atoms with Crippen LogP contribution < -0.4 is 0 Å². The lowest BCUT2D eigenvalue weighted by Crippen LogP contribution is -2.53. The van der Waals surface area contributed by atoms with Gasteiger partial charge in [-0.25, -0.2) is 9.18 Å². The Morgan fingerprint density at radius 2 is 1.95 bits per heavy atom. The quantitative estimate of drug-likeness (QED) is 0.907. The van der Waals surface area contributed by atoms with E-state index in [1.165, 1.54) is 36.9 Å². The van der Waals surface area contributed by atoms with Crippen molar-refractivity contribution in [3.05, 3.63) is 35.6 Å². The Hall–Kier alpha value is -1.91. The normalized spacial score (nSPS) is 17.6. The maximum Gasteiger partial charge on any atom is 0.334 e. The van der Waals surface area contributed by atoms with E-state index in [4.69, 9.17) is 0 Å². The Bertz CT molecular complexity index is 527. The molecule has 0 bridgehead atoms. The minimum atomic E-state index is -1.67. The number of halogens is 1. The molecule has 1 saturated carbocycles. The van der Waals surface area contributed by atoms with Gasteiger partial charge in [0.1, 0.15) is 5.82 Å². The minimum absolute atomic E-state index is 0.0181. The molecular formula is C14H16FNO3. The summed E-state index contributed by atoms with van der Waals surface area (Å²) in [4.78, 5) is 24.8. The number of carbonyl (C=O) groups is 2. The topological polar surface area (TPSA) is 57.6 Å². The van der Waals surface area contributed by atoms with Crippen LogP contribution in [0.5, 0.6) is 0 Å². The lowest BCUT2D eigenvalue weighted by atomic mass is 9.89. The fraction of sp³-hybridized carbons (Fsp3) is 0.429. The maximum absolute atomic E-state index is 14.0. The zero-order valence-electron chi connectivity index (χ0n) is 10.9. The molecule has 0 spiro atoms. The Morgan fingerprint density at radius 1 is 1.37 bits per heavy atom. The van der Waals surface area contributed by atoms with Gasteiger partial charge in [-0.3, -0.25) is 4.79 Å². The SMILES string of the molecule is CC(=O)N(C1CC1)C(C)(C(=O)O)c1ccccc1F. The van der Waals surface area contributed by atoms with Gasteiger partial charge in [0, 0.05) is 18.5 Å². The predicted octanol–water partition coefficient (Wildman–Crippen LogP) is 2.14. The van der Waals surface area contributed by atoms with Crippen LogP contribution in [0, 0.1) is 5.82 Å². The summed E-state index contributed by atoms with van der Waals surface area (Å²) in [6.07, 6.45) is 1.52. The molecule has 5 heteroatoms. The molecule has 1 aliphatic rings. The van der Waals surface area contributed by atoms with Gasteiger partial charge in [-0.15, -0.1) is 0 Å². The van der Waals surface area contributed by atoms with Crippen LogP contribution in [0.3, 0.4) is 0 Å². The third kappa shape index (κ3) is 2.20. The lowest BCUT2D eigenvalue weighted by molar-refractivity contribution is -0.159. The van der Waals surface area contributed by atoms with Gasteiger partial charge in [0.15, 0.2) is 5.54 Å². The second-order valence-electron chi connectivity index (χ2n) is 4.98. The standard InChI is InChI=1S/C14H16FNO3/c1-9(17)16(10-7-8-10)14(2,13(18)19)11-5-3-4-6-12(11)15/h3-6,10H,7-8H2,1-2H3,(H,18,19). The summed E-state index contributed by atoms with van der Waals surface area (Å²) in [5.74, 6) is -2.19. The number of aliphatic carboxylic acids is 1. The van der Waals surface area contributed by atoms with E-state index in [-0.39, 0.29) is 17.5 Å². The first-order chi connectivity index (χ1) is 8.89. The molecule has 102 valence electrons. The Balaban J connectivity index is 2.57. The number of hydrogen-bond acceptors (Lipinski definition) is 2. The fourth-order valence-corrected chi connectivity index (χ4v) is 2.47. The highest BCUT2D eigenvalue weighted by molar-refractivity contribution is 5.87. The number of amides is 1. The number of hydrogen-bond donors (Lipinski definition) is 1. The highest BCUT2D eigenvalue weighted by Gasteiger charge is 2.50. The van der Waals surface area contributed by atoms with Crippen LogP contribution >= 0.6 is 0 Å². The molecule has 0 aromatic heterocycles. The van der Waals surface area contributed by atoms with Gasteiger partial charge in [0.05, 0.1) is 0 Å². The molecule has 1 unspecified atom stereocenters. The number of carboxylic acid groups (broad SMARTS) is 1. The van der Waals surface area contributed by atoms with Crippen molar-refractivity contribution in [2.45, 2.75) is 38.3 Å². The molecule has 0 saturated heterocycles. The smallest absolute Gasteiger partial charge is 0.334 e. The van der Waals surface area contributed by atoms with Crippen molar-refractivity contribution in [2.24, 2.45) is 0 Å². The Kier molecular flexibility index (Phi) is 3.30. The van der Waals surface area contributed by atoms with Crippen LogP contribution in [-0.4, -0.2) is 27.9 Å². The monoisotopic (exact) mass is 265 g/mol. The molecule has 19 heavy (non-hydrogen) atoms. The molecule has 1 N–H and O–H groups in total. The van der Waals surface area contributed by atoms with Crippen molar-refractivity contribution < 1.29 is 19.1 Å². The Labute approximate surface area is 110 Å². The molecule has 0 radical (unpaired) electrons. The highest BCUT2D eigenvalue weighted by Crippen LogP contribution is 2.39. The van der Waals surface area contributed by atoms with Crippen molar-refractivity contribution in [1.82, 2.24) is 4.90 Å². The third-order valence-electron chi connectivity index (χ3n) is 3.55. The van der Waals surface area contributed by atoms with E-state index in [2.05, 4.69) is 0 Å². The molecule has 1 aromatic rings. The number of carboxylic acids is 1. The van der Waals surface area contributed by atoms with Crippen molar-refractivity contribution in [1.29, 1.82) is 0 Å². The number of nitrogens with zero attached hydrogens (tertiary/aromatic N) is 1. The number of carbonyl (C=O) groups excluding carboxylic acids is 1. The number of benzene rings is 1. The summed E-state index contributed by atoms with van der Waals surface area (Å²) in [5.41, 5.74) is -1.65. The van der Waals surface area contributed by atoms with E-state index in [0.29, 0.717) is 0 Å². The van der Waals surface area contributed by atoms with E-state index in [1.54, 1.807) is 6.07 Å². The molecule has 1 amide bonds. The van der Waals surface area contributed by atoms with Crippen molar-refractivity contribution in [2.75, 3.05) is 0 Å². The first-order valence-electron chi connectivity index (χ1n) is 6.17. The first kappa shape index (κ1) is 13.5. The van der Waals surface area contributed by atoms with Crippen LogP contribution in [-0.2, 0) is 15.1 Å². The third-order valence-corrected chi connectivity index (χ3v) is 3.55. The largest absolute Gasteiger partial charge is 0.479 e. The zero-order valence-corrected chi connectivity index (χ0v) is 10.9. The van der Waals surface area contributed by atoms with E-state index in [9.17, 15) is 19.1 Å². The predicted molar refractivity (Wildman–Crippen MR) is 66.9 cm³/mol. The molecule has 0 aliphatic heterocycles. The molecule has 1 aliphatic carbocycles. The second kappa shape index (κ2) is 4.64. The first-order valence-corrected chi connectivity index (χ1v) is 6.17. The zero-order chi connectivity index (χ0) is 14.2. The van der Waals surface area contributed by atoms with Crippen LogP contribution in [0.15, 0.2) is 24.3 Å². The molecule has 1 aromatic carbocycles. The second-order valence-corrected chi connectivity index (χ2v) is 4.98. The summed E-state index contributed by atoms with van der Waals surface area (Å²) in [5, 5.41) is 9.55. The van der Waals surface area contributed by atoms with Crippen LogP contribution in [0.1, 0.15) is 32.3 Å². The molecular weight excluding hydrogens is 249 g/mol. The van der Waals surface area contributed by atoms with Crippen molar-refractivity contribution in [3.8, 4) is 0 Å². The van der Waals surface area contributed by atoms with E-state index < -0.39 is 17.3 Å². The van der Waals surface area contributed by atoms with Gasteiger partial charge in [0.2, 0.25) is 5.91 Å². The summed E-state index contributed by atoms with van der Waals surface area (Å²) < 4.78 is 14.0. The molecule has 2 rings (SSSR count). The number of rotatable bonds is 4. The Morgan fingerprint density at radius 3 is 2.37 bits per heavy atom. The van der Waals surface area contributed by atoms with E-state index in [1.807, 2.05) is 0 Å². The van der Waals surface area contributed by atoms with E-state index in [0.717, 1.165) is 12.8 Å². The van der Waals surface area contributed by atoms with E-state index >= 15 is 0 Å². The van der Waals surface area contributed by atoms with Gasteiger partial charge in [0.25, 0.3) is 0 Å². The molecule has 0 heterocycles. The maximum atomic E-state index is 14.0. The van der Waals surface area contributed by atoms with Crippen LogP contribution in [0.4, 0.5) is 4.39 Å². The van der Waals surface area contributed by atoms with Crippen LogP contribution in [0.2, 0.25) is 0 Å².